The van der Waals surface area contributed by atoms with E-state index in [1.54, 1.807) is 30.3 Å². The smallest absolute Gasteiger partial charge is 0.406 e. The number of fused-ring (bicyclic) bond motifs is 1. The first-order chi connectivity index (χ1) is 14.0. The summed E-state index contributed by atoms with van der Waals surface area (Å²) in [5.41, 5.74) is 0.174. The lowest BCUT2D eigenvalue weighted by Gasteiger charge is -2.12. The fourth-order valence-corrected chi connectivity index (χ4v) is 2.90. The van der Waals surface area contributed by atoms with E-state index in [0.717, 1.165) is 7.11 Å². The van der Waals surface area contributed by atoms with Crippen LogP contribution in [0.3, 0.4) is 0 Å². The van der Waals surface area contributed by atoms with Crippen LogP contribution < -0.4 is 9.47 Å². The van der Waals surface area contributed by atoms with Crippen molar-refractivity contribution < 1.29 is 28.5 Å². The van der Waals surface area contributed by atoms with Gasteiger partial charge in [-0.05, 0) is 31.2 Å². The number of hydrogen-bond acceptors (Lipinski definition) is 7. The molecule has 0 N–H and O–H groups in total. The van der Waals surface area contributed by atoms with Crippen molar-refractivity contribution in [1.82, 2.24) is 4.98 Å². The molecular formula is C20H17ClN2O6. The molecule has 0 atom stereocenters. The Bertz CT molecular complexity index is 1090. The van der Waals surface area contributed by atoms with Crippen molar-refractivity contribution in [3.05, 3.63) is 69.6 Å². The summed E-state index contributed by atoms with van der Waals surface area (Å²) in [7, 11) is 1.14. The number of esters is 2. The van der Waals surface area contributed by atoms with Gasteiger partial charge in [0.1, 0.15) is 17.9 Å². The van der Waals surface area contributed by atoms with Gasteiger partial charge in [-0.25, -0.2) is 14.6 Å². The quantitative estimate of drug-likeness (QED) is 0.345. The summed E-state index contributed by atoms with van der Waals surface area (Å²) in [5.74, 6) is -1.16. The summed E-state index contributed by atoms with van der Waals surface area (Å²) in [6.45, 7) is 1.81. The Morgan fingerprint density at radius 2 is 1.93 bits per heavy atom. The van der Waals surface area contributed by atoms with Crippen molar-refractivity contribution in [2.24, 2.45) is 0 Å². The predicted molar refractivity (Wildman–Crippen MR) is 104 cm³/mol. The highest BCUT2D eigenvalue weighted by Gasteiger charge is 2.28. The van der Waals surface area contributed by atoms with E-state index in [-0.39, 0.29) is 27.5 Å². The minimum atomic E-state index is -0.903. The lowest BCUT2D eigenvalue weighted by molar-refractivity contribution is -0.581. The van der Waals surface area contributed by atoms with Crippen LogP contribution >= 0.6 is 11.6 Å². The molecule has 3 aromatic rings. The Morgan fingerprint density at radius 3 is 2.62 bits per heavy atom. The van der Waals surface area contributed by atoms with Crippen molar-refractivity contribution >= 4 is 34.6 Å². The van der Waals surface area contributed by atoms with Gasteiger partial charge in [0.2, 0.25) is 5.52 Å². The summed E-state index contributed by atoms with van der Waals surface area (Å²) in [5, 5.41) is 13.1. The van der Waals surface area contributed by atoms with Crippen LogP contribution in [0.2, 0.25) is 5.02 Å². The standard InChI is InChI=1S/C20H17ClN2O6/c1-3-28-12-8-9-15-17(10-12)23(26)18(20(25)27-2)16(22-15)11-29-19(24)13-6-4-5-7-14(13)21/h4-10H,3,11H2,1-2H3. The lowest BCUT2D eigenvalue weighted by Crippen LogP contribution is -2.38. The summed E-state index contributed by atoms with van der Waals surface area (Å²) in [6, 6.07) is 11.1. The predicted octanol–water partition coefficient (Wildman–Crippen LogP) is 3.06. The topological polar surface area (TPSA) is 102 Å². The van der Waals surface area contributed by atoms with Gasteiger partial charge >= 0.3 is 17.6 Å². The molecule has 3 rings (SSSR count). The first kappa shape index (κ1) is 20.3. The van der Waals surface area contributed by atoms with E-state index in [4.69, 9.17) is 25.8 Å². The maximum Gasteiger partial charge on any atom is 0.406 e. The number of ether oxygens (including phenoxy) is 3. The fraction of sp³-hybridized carbons (Fsp3) is 0.200. The highest BCUT2D eigenvalue weighted by Crippen LogP contribution is 2.21. The van der Waals surface area contributed by atoms with Gasteiger partial charge in [-0.15, -0.1) is 0 Å². The average molecular weight is 417 g/mol. The Balaban J connectivity index is 1.99. The average Bonchev–Trinajstić information content (AvgIpc) is 2.72. The number of aromatic nitrogens is 2. The molecule has 0 aliphatic carbocycles. The largest absolute Gasteiger partial charge is 0.618 e. The molecule has 0 radical (unpaired) electrons. The van der Waals surface area contributed by atoms with Crippen LogP contribution in [0.5, 0.6) is 5.75 Å². The number of methoxy groups -OCH3 is 1. The molecule has 0 aliphatic rings. The number of carbonyl (C=O) groups is 2. The SMILES string of the molecule is CCOc1ccc2nc(COC(=O)c3ccccc3Cl)c(C(=O)OC)[n+]([O-])c2c1. The molecule has 0 fully saturated rings. The molecule has 1 heterocycles. The van der Waals surface area contributed by atoms with E-state index in [9.17, 15) is 14.8 Å². The second kappa shape index (κ2) is 8.74. The Kier molecular flexibility index (Phi) is 6.13. The third-order valence-electron chi connectivity index (χ3n) is 4.02. The first-order valence-corrected chi connectivity index (χ1v) is 9.03. The van der Waals surface area contributed by atoms with Gasteiger partial charge in [-0.3, -0.25) is 0 Å². The molecule has 150 valence electrons. The summed E-state index contributed by atoms with van der Waals surface area (Å²) in [6.07, 6.45) is 0. The van der Waals surface area contributed by atoms with Crippen LogP contribution in [-0.4, -0.2) is 30.6 Å². The van der Waals surface area contributed by atoms with Crippen LogP contribution in [0.1, 0.15) is 33.5 Å². The van der Waals surface area contributed by atoms with Gasteiger partial charge in [0, 0.05) is 0 Å². The molecule has 1 aromatic heterocycles. The monoisotopic (exact) mass is 416 g/mol. The van der Waals surface area contributed by atoms with Gasteiger partial charge < -0.3 is 19.4 Å². The molecule has 0 saturated carbocycles. The molecular weight excluding hydrogens is 400 g/mol. The van der Waals surface area contributed by atoms with Gasteiger partial charge in [0.25, 0.3) is 0 Å². The minimum absolute atomic E-state index is 0.0380. The van der Waals surface area contributed by atoms with E-state index in [1.807, 2.05) is 6.92 Å². The fourth-order valence-electron chi connectivity index (χ4n) is 2.69. The van der Waals surface area contributed by atoms with Crippen LogP contribution in [0, 0.1) is 5.21 Å². The second-order valence-corrected chi connectivity index (χ2v) is 6.24. The van der Waals surface area contributed by atoms with E-state index in [1.165, 1.54) is 12.1 Å². The number of rotatable bonds is 6. The Morgan fingerprint density at radius 1 is 1.17 bits per heavy atom. The Hall–Kier alpha value is -3.39. The summed E-state index contributed by atoms with van der Waals surface area (Å²) in [4.78, 5) is 28.8. The maximum absolute atomic E-state index is 12.8. The summed E-state index contributed by atoms with van der Waals surface area (Å²) >= 11 is 5.99. The van der Waals surface area contributed by atoms with Gasteiger partial charge in [-0.1, -0.05) is 23.7 Å². The number of carbonyl (C=O) groups excluding carboxylic acids is 2. The van der Waals surface area contributed by atoms with Crippen molar-refractivity contribution in [3.63, 3.8) is 0 Å². The van der Waals surface area contributed by atoms with Gasteiger partial charge in [0.05, 0.1) is 30.4 Å². The molecule has 2 aromatic carbocycles. The second-order valence-electron chi connectivity index (χ2n) is 5.83. The lowest BCUT2D eigenvalue weighted by atomic mass is 10.2. The van der Waals surface area contributed by atoms with E-state index < -0.39 is 18.5 Å². The van der Waals surface area contributed by atoms with E-state index in [0.29, 0.717) is 22.6 Å². The molecule has 9 heteroatoms. The number of nitrogens with zero attached hydrogens (tertiary/aromatic N) is 2. The zero-order valence-corrected chi connectivity index (χ0v) is 16.4. The molecule has 0 aliphatic heterocycles. The zero-order valence-electron chi connectivity index (χ0n) is 15.7. The third kappa shape index (κ3) is 4.22. The van der Waals surface area contributed by atoms with E-state index >= 15 is 0 Å². The number of halogens is 1. The molecule has 0 unspecified atom stereocenters. The van der Waals surface area contributed by atoms with Gasteiger partial charge in [-0.2, -0.15) is 4.73 Å². The highest BCUT2D eigenvalue weighted by atomic mass is 35.5. The van der Waals surface area contributed by atoms with Crippen LogP contribution in [0.25, 0.3) is 11.0 Å². The molecule has 0 amide bonds. The van der Waals surface area contributed by atoms with Crippen LogP contribution in [0.15, 0.2) is 42.5 Å². The van der Waals surface area contributed by atoms with Crippen molar-refractivity contribution in [2.45, 2.75) is 13.5 Å². The molecule has 29 heavy (non-hydrogen) atoms. The third-order valence-corrected chi connectivity index (χ3v) is 4.35. The Labute approximate surface area is 171 Å². The van der Waals surface area contributed by atoms with Crippen molar-refractivity contribution in [1.29, 1.82) is 0 Å². The first-order valence-electron chi connectivity index (χ1n) is 8.65. The highest BCUT2D eigenvalue weighted by molar-refractivity contribution is 6.33. The maximum atomic E-state index is 12.8. The van der Waals surface area contributed by atoms with E-state index in [2.05, 4.69) is 4.98 Å². The molecule has 0 bridgehead atoms. The molecule has 8 nitrogen and oxygen atoms in total. The normalized spacial score (nSPS) is 10.6. The molecule has 0 spiro atoms. The van der Waals surface area contributed by atoms with Gasteiger partial charge in [0.15, 0.2) is 5.69 Å². The summed E-state index contributed by atoms with van der Waals surface area (Å²) < 4.78 is 15.7. The number of benzene rings is 2. The van der Waals surface area contributed by atoms with Crippen LogP contribution in [-0.2, 0) is 16.1 Å². The van der Waals surface area contributed by atoms with Crippen LogP contribution in [0.4, 0.5) is 0 Å². The van der Waals surface area contributed by atoms with Crippen molar-refractivity contribution in [3.8, 4) is 5.75 Å². The molecule has 0 saturated heterocycles. The number of hydrogen-bond donors (Lipinski definition) is 0. The zero-order chi connectivity index (χ0) is 21.0. The minimum Gasteiger partial charge on any atom is -0.618 e. The van der Waals surface area contributed by atoms with Crippen molar-refractivity contribution in [2.75, 3.05) is 13.7 Å².